The highest BCUT2D eigenvalue weighted by atomic mass is 14.6. The summed E-state index contributed by atoms with van der Waals surface area (Å²) in [6.45, 7) is 1.19. The summed E-state index contributed by atoms with van der Waals surface area (Å²) in [6, 6.07) is 0. The van der Waals surface area contributed by atoms with Gasteiger partial charge in [0.2, 0.25) is 0 Å². The van der Waals surface area contributed by atoms with Crippen molar-refractivity contribution in [3.8, 4) is 0 Å². The van der Waals surface area contributed by atoms with Crippen LogP contribution in [0.25, 0.3) is 0 Å². The Morgan fingerprint density at radius 2 is 1.14 bits per heavy atom. The molecule has 0 saturated carbocycles. The lowest BCUT2D eigenvalue weighted by Gasteiger charge is -1.72. The van der Waals surface area contributed by atoms with Gasteiger partial charge in [-0.15, -0.1) is 0 Å². The second-order valence-electron chi connectivity index (χ2n) is 0.813. The Morgan fingerprint density at radius 3 is 1.14 bits per heavy atom. The molecule has 8 N–H and O–H groups in total. The van der Waals surface area contributed by atoms with Gasteiger partial charge < -0.3 is 22.8 Å². The van der Waals surface area contributed by atoms with Gasteiger partial charge in [0.15, 0.2) is 0 Å². The van der Waals surface area contributed by atoms with Gasteiger partial charge in [-0.05, 0) is 0 Å². The van der Waals surface area contributed by atoms with Crippen LogP contribution < -0.4 is 22.8 Å². The van der Waals surface area contributed by atoms with Gasteiger partial charge >= 0.3 is 0 Å². The van der Waals surface area contributed by atoms with Gasteiger partial charge in [-0.1, -0.05) is 0 Å². The van der Waals surface area contributed by atoms with Gasteiger partial charge in [0.05, 0.1) is 0 Å². The van der Waals surface area contributed by atoms with Crippen molar-refractivity contribution in [2.45, 2.75) is 0 Å². The Balaban J connectivity index is 0. The van der Waals surface area contributed by atoms with E-state index < -0.39 is 0 Å². The maximum Gasteiger partial charge on any atom is 0.280 e. The summed E-state index contributed by atoms with van der Waals surface area (Å²) < 4.78 is 0. The second kappa shape index (κ2) is 16.8. The molecule has 0 radical (unpaired) electrons. The molecule has 0 amide bonds. The Bertz CT molecular complexity index is 17.2. The quantitative estimate of drug-likeness (QED) is 0.267. The first-order chi connectivity index (χ1) is 3.33. The Morgan fingerprint density at radius 1 is 1.00 bits per heavy atom. The lowest BCUT2D eigenvalue weighted by Crippen LogP contribution is -2.15. The van der Waals surface area contributed by atoms with E-state index in [2.05, 4.69) is 11.3 Å². The predicted molar refractivity (Wildman–Crippen MR) is 33.6 cm³/mol. The smallest absolute Gasteiger partial charge is 0.280 e. The van der Waals surface area contributed by atoms with Crippen molar-refractivity contribution >= 4 is 7.55 Å². The van der Waals surface area contributed by atoms with E-state index in [1.807, 2.05) is 0 Å². The molecule has 0 aliphatic rings. The minimum absolute atomic E-state index is 0.250. The topological polar surface area (TPSA) is 104 Å². The van der Waals surface area contributed by atoms with Crippen molar-refractivity contribution in [1.82, 2.24) is 0 Å². The molecule has 7 heavy (non-hydrogen) atoms. The average Bonchev–Trinajstić information content (AvgIpc) is 1.69. The third-order valence-electron chi connectivity index (χ3n) is 0.167. The molecular weight excluding hydrogens is 90.9 g/mol. The molecule has 44 valence electrons. The molecule has 0 heterocycles. The Hall–Kier alpha value is -0.0951. The van der Waals surface area contributed by atoms with Crippen molar-refractivity contribution in [1.29, 1.82) is 0 Å². The molecular formula is C2H13BN4. The van der Waals surface area contributed by atoms with Gasteiger partial charge in [-0.2, -0.15) is 0 Å². The molecule has 0 saturated heterocycles. The molecule has 0 aromatic rings. The largest absolute Gasteiger partial charge is 0.359 e. The molecule has 0 aliphatic carbocycles. The normalized spacial score (nSPS) is 6.29. The van der Waals surface area contributed by atoms with E-state index in [1.165, 1.54) is 0 Å². The van der Waals surface area contributed by atoms with E-state index in [-0.39, 0.29) is 7.55 Å². The van der Waals surface area contributed by atoms with E-state index in [0.717, 1.165) is 0 Å². The fourth-order valence-corrected chi connectivity index (χ4v) is 0. The highest BCUT2D eigenvalue weighted by Gasteiger charge is 1.54. The summed E-state index contributed by atoms with van der Waals surface area (Å²) in [5, 5.41) is 0. The van der Waals surface area contributed by atoms with Crippen LogP contribution in [0.4, 0.5) is 0 Å². The molecule has 0 atom stereocenters. The molecule has 0 aromatic carbocycles. The summed E-state index contributed by atoms with van der Waals surface area (Å²) in [6.07, 6.45) is 0. The van der Waals surface area contributed by atoms with Gasteiger partial charge in [-0.25, -0.2) is 0 Å². The van der Waals surface area contributed by atoms with Gasteiger partial charge in [-0.3, -0.25) is 0 Å². The van der Waals surface area contributed by atoms with Gasteiger partial charge in [0, 0.05) is 13.1 Å². The SMILES string of the molecule is NBN.NCCN. The molecule has 0 fully saturated rings. The summed E-state index contributed by atoms with van der Waals surface area (Å²) in [5.41, 5.74) is 19.1. The van der Waals surface area contributed by atoms with Crippen LogP contribution in [0.2, 0.25) is 0 Å². The molecule has 0 aromatic heterocycles. The average molecular weight is 104 g/mol. The summed E-state index contributed by atoms with van der Waals surface area (Å²) in [4.78, 5) is 0. The first kappa shape index (κ1) is 10.0. The van der Waals surface area contributed by atoms with Crippen molar-refractivity contribution in [2.75, 3.05) is 13.1 Å². The van der Waals surface area contributed by atoms with Crippen LogP contribution in [-0.4, -0.2) is 20.6 Å². The van der Waals surface area contributed by atoms with Crippen LogP contribution >= 0.6 is 0 Å². The Labute approximate surface area is 44.5 Å². The fraction of sp³-hybridized carbons (Fsp3) is 1.00. The van der Waals surface area contributed by atoms with Crippen LogP contribution in [0.5, 0.6) is 0 Å². The van der Waals surface area contributed by atoms with Crippen LogP contribution in [0, 0.1) is 0 Å². The lowest BCUT2D eigenvalue weighted by molar-refractivity contribution is 0.976. The highest BCUT2D eigenvalue weighted by molar-refractivity contribution is 6.26. The van der Waals surface area contributed by atoms with E-state index >= 15 is 0 Å². The van der Waals surface area contributed by atoms with Crippen molar-refractivity contribution in [2.24, 2.45) is 22.8 Å². The Kier molecular flexibility index (Phi) is 24.1. The van der Waals surface area contributed by atoms with Crippen LogP contribution in [0.15, 0.2) is 0 Å². The first-order valence-electron chi connectivity index (χ1n) is 2.13. The summed E-state index contributed by atoms with van der Waals surface area (Å²) >= 11 is 0. The van der Waals surface area contributed by atoms with Crippen molar-refractivity contribution < 1.29 is 0 Å². The van der Waals surface area contributed by atoms with E-state index in [1.54, 1.807) is 0 Å². The second-order valence-corrected chi connectivity index (χ2v) is 0.813. The minimum Gasteiger partial charge on any atom is -0.359 e. The van der Waals surface area contributed by atoms with Gasteiger partial charge in [0.1, 0.15) is 0 Å². The monoisotopic (exact) mass is 104 g/mol. The molecule has 0 unspecified atom stereocenters. The molecule has 0 spiro atoms. The maximum absolute atomic E-state index is 4.90. The van der Waals surface area contributed by atoms with E-state index in [4.69, 9.17) is 11.5 Å². The molecule has 4 nitrogen and oxygen atoms in total. The first-order valence-corrected chi connectivity index (χ1v) is 2.13. The van der Waals surface area contributed by atoms with Crippen LogP contribution in [0.1, 0.15) is 0 Å². The lowest BCUT2D eigenvalue weighted by atomic mass is 10.3. The number of hydrogen-bond acceptors (Lipinski definition) is 4. The predicted octanol–water partition coefficient (Wildman–Crippen LogP) is -2.93. The molecule has 0 aliphatic heterocycles. The maximum atomic E-state index is 4.90. The summed E-state index contributed by atoms with van der Waals surface area (Å²) in [7, 11) is 0.250. The van der Waals surface area contributed by atoms with Crippen molar-refractivity contribution in [3.05, 3.63) is 0 Å². The summed E-state index contributed by atoms with van der Waals surface area (Å²) in [5.74, 6) is 0. The zero-order chi connectivity index (χ0) is 6.12. The number of hydrogen-bond donors (Lipinski definition) is 4. The number of rotatable bonds is 1. The third kappa shape index (κ3) is 110. The van der Waals surface area contributed by atoms with Crippen molar-refractivity contribution in [3.63, 3.8) is 0 Å². The highest BCUT2D eigenvalue weighted by Crippen LogP contribution is 1.24. The van der Waals surface area contributed by atoms with Crippen LogP contribution in [0.3, 0.4) is 0 Å². The van der Waals surface area contributed by atoms with E-state index in [0.29, 0.717) is 13.1 Å². The molecule has 0 rings (SSSR count). The van der Waals surface area contributed by atoms with E-state index in [9.17, 15) is 0 Å². The number of nitrogens with two attached hydrogens (primary N) is 4. The zero-order valence-electron chi connectivity index (χ0n) is 4.43. The minimum atomic E-state index is 0.250. The third-order valence-corrected chi connectivity index (χ3v) is 0.167. The zero-order valence-corrected chi connectivity index (χ0v) is 4.43. The van der Waals surface area contributed by atoms with Gasteiger partial charge in [0.25, 0.3) is 7.55 Å². The molecule has 5 heteroatoms. The fourth-order valence-electron chi connectivity index (χ4n) is 0. The molecule has 0 bridgehead atoms. The standard InChI is InChI=1S/C2H8N2.BH5N2/c3-1-2-4;2-1-3/h1-4H2;1H,2-3H2. The van der Waals surface area contributed by atoms with Crippen LogP contribution in [-0.2, 0) is 0 Å².